The number of nitrogens with zero attached hydrogens (tertiary/aromatic N) is 1. The van der Waals surface area contributed by atoms with Gasteiger partial charge in [0.2, 0.25) is 0 Å². The molecule has 6 heteroatoms. The van der Waals surface area contributed by atoms with Crippen LogP contribution in [0.5, 0.6) is 5.75 Å². The van der Waals surface area contributed by atoms with Crippen LogP contribution in [-0.4, -0.2) is 47.9 Å². The number of hydrogen-bond acceptors (Lipinski definition) is 4. The van der Waals surface area contributed by atoms with E-state index in [0.717, 1.165) is 5.56 Å². The summed E-state index contributed by atoms with van der Waals surface area (Å²) in [7, 11) is 1.56. The van der Waals surface area contributed by atoms with E-state index >= 15 is 0 Å². The third-order valence-corrected chi connectivity index (χ3v) is 3.81. The van der Waals surface area contributed by atoms with Crippen molar-refractivity contribution in [2.75, 3.05) is 20.2 Å². The molecule has 2 atom stereocenters. The molecule has 2 rings (SSSR count). The molecule has 1 saturated heterocycles. The Morgan fingerprint density at radius 1 is 1.26 bits per heavy atom. The first-order valence-electron chi connectivity index (χ1n) is 7.56. The van der Waals surface area contributed by atoms with Crippen LogP contribution in [0.15, 0.2) is 24.3 Å². The molecular formula is C17H23NO5. The summed E-state index contributed by atoms with van der Waals surface area (Å²) in [5.41, 5.74) is 0.243. The number of methoxy groups -OCH3 is 1. The number of aliphatic carboxylic acids is 1. The highest BCUT2D eigenvalue weighted by atomic mass is 16.6. The molecule has 0 radical (unpaired) electrons. The number of rotatable bonds is 3. The highest BCUT2D eigenvalue weighted by molar-refractivity contribution is 5.76. The third-order valence-electron chi connectivity index (χ3n) is 3.81. The molecule has 1 fully saturated rings. The van der Waals surface area contributed by atoms with Crippen LogP contribution < -0.4 is 4.74 Å². The quantitative estimate of drug-likeness (QED) is 0.926. The molecule has 1 amide bonds. The first-order chi connectivity index (χ1) is 10.7. The molecule has 0 aromatic heterocycles. The summed E-state index contributed by atoms with van der Waals surface area (Å²) in [5, 5.41) is 9.49. The van der Waals surface area contributed by atoms with Gasteiger partial charge in [0.15, 0.2) is 0 Å². The second kappa shape index (κ2) is 6.48. The van der Waals surface area contributed by atoms with Gasteiger partial charge >= 0.3 is 12.1 Å². The normalized spacial score (nSPS) is 21.1. The zero-order chi connectivity index (χ0) is 17.2. The molecule has 1 heterocycles. The van der Waals surface area contributed by atoms with Gasteiger partial charge in [-0.15, -0.1) is 0 Å². The molecule has 0 saturated carbocycles. The number of carboxylic acids is 1. The molecule has 1 N–H and O–H groups in total. The van der Waals surface area contributed by atoms with Gasteiger partial charge in [0, 0.05) is 19.0 Å². The fourth-order valence-electron chi connectivity index (χ4n) is 2.74. The summed E-state index contributed by atoms with van der Waals surface area (Å²) in [5.74, 6) is -1.18. The minimum atomic E-state index is -0.913. The topological polar surface area (TPSA) is 76.1 Å². The van der Waals surface area contributed by atoms with Crippen molar-refractivity contribution >= 4 is 12.1 Å². The van der Waals surface area contributed by atoms with Crippen LogP contribution in [0.2, 0.25) is 0 Å². The van der Waals surface area contributed by atoms with E-state index in [1.54, 1.807) is 33.9 Å². The van der Waals surface area contributed by atoms with E-state index in [1.807, 2.05) is 18.2 Å². The number of carboxylic acid groups (broad SMARTS) is 1. The van der Waals surface area contributed by atoms with Gasteiger partial charge < -0.3 is 19.5 Å². The summed E-state index contributed by atoms with van der Waals surface area (Å²) in [4.78, 5) is 25.3. The Bertz CT molecular complexity index is 593. The molecule has 126 valence electrons. The number of carbonyl (C=O) groups excluding carboxylic acids is 1. The van der Waals surface area contributed by atoms with Crippen LogP contribution >= 0.6 is 0 Å². The number of benzene rings is 1. The predicted octanol–water partition coefficient (Wildman–Crippen LogP) is 2.73. The van der Waals surface area contributed by atoms with Crippen LogP contribution in [-0.2, 0) is 9.53 Å². The van der Waals surface area contributed by atoms with Crippen LogP contribution in [0.25, 0.3) is 0 Å². The Kier molecular flexibility index (Phi) is 4.82. The van der Waals surface area contributed by atoms with Crippen molar-refractivity contribution < 1.29 is 24.2 Å². The minimum absolute atomic E-state index is 0.145. The average molecular weight is 321 g/mol. The Balaban J connectivity index is 2.21. The molecule has 6 nitrogen and oxygen atoms in total. The summed E-state index contributed by atoms with van der Waals surface area (Å²) < 4.78 is 10.5. The van der Waals surface area contributed by atoms with E-state index in [-0.39, 0.29) is 12.5 Å². The SMILES string of the molecule is COc1cccc(C2CN(C(=O)OC(C)(C)C)CC2C(=O)O)c1. The Morgan fingerprint density at radius 3 is 2.52 bits per heavy atom. The molecule has 2 unspecified atom stereocenters. The molecule has 1 aliphatic rings. The standard InChI is InChI=1S/C17H23NO5/c1-17(2,3)23-16(21)18-9-13(14(10-18)15(19)20)11-6-5-7-12(8-11)22-4/h5-8,13-14H,9-10H2,1-4H3,(H,19,20). The fourth-order valence-corrected chi connectivity index (χ4v) is 2.74. The summed E-state index contributed by atoms with van der Waals surface area (Å²) in [6.45, 7) is 5.82. The molecule has 1 aromatic rings. The van der Waals surface area contributed by atoms with E-state index in [9.17, 15) is 14.7 Å². The van der Waals surface area contributed by atoms with Gasteiger partial charge in [-0.25, -0.2) is 4.79 Å². The lowest BCUT2D eigenvalue weighted by Gasteiger charge is -2.24. The van der Waals surface area contributed by atoms with Crippen molar-refractivity contribution in [3.05, 3.63) is 29.8 Å². The number of likely N-dealkylation sites (tertiary alicyclic amines) is 1. The molecular weight excluding hydrogens is 298 g/mol. The first-order valence-corrected chi connectivity index (χ1v) is 7.56. The maximum absolute atomic E-state index is 12.2. The second-order valence-corrected chi connectivity index (χ2v) is 6.71. The number of ether oxygens (including phenoxy) is 2. The summed E-state index contributed by atoms with van der Waals surface area (Å²) in [6, 6.07) is 7.31. The molecule has 0 aliphatic carbocycles. The van der Waals surface area contributed by atoms with Crippen molar-refractivity contribution in [2.24, 2.45) is 5.92 Å². The van der Waals surface area contributed by atoms with Gasteiger partial charge in [-0.1, -0.05) is 12.1 Å². The Hall–Kier alpha value is -2.24. The van der Waals surface area contributed by atoms with Crippen LogP contribution in [0, 0.1) is 5.92 Å². The lowest BCUT2D eigenvalue weighted by Crippen LogP contribution is -2.35. The lowest BCUT2D eigenvalue weighted by atomic mass is 9.89. The van der Waals surface area contributed by atoms with E-state index in [0.29, 0.717) is 12.3 Å². The van der Waals surface area contributed by atoms with Gasteiger partial charge in [0.1, 0.15) is 11.4 Å². The van der Waals surface area contributed by atoms with Crippen molar-refractivity contribution in [1.82, 2.24) is 4.90 Å². The maximum atomic E-state index is 12.2. The van der Waals surface area contributed by atoms with Crippen LogP contribution in [0.4, 0.5) is 4.79 Å². The predicted molar refractivity (Wildman–Crippen MR) is 84.7 cm³/mol. The molecule has 0 spiro atoms. The maximum Gasteiger partial charge on any atom is 0.410 e. The van der Waals surface area contributed by atoms with Crippen LogP contribution in [0.1, 0.15) is 32.3 Å². The van der Waals surface area contributed by atoms with Gasteiger partial charge in [0.25, 0.3) is 0 Å². The van der Waals surface area contributed by atoms with Gasteiger partial charge in [-0.2, -0.15) is 0 Å². The van der Waals surface area contributed by atoms with E-state index < -0.39 is 23.6 Å². The van der Waals surface area contributed by atoms with Crippen LogP contribution in [0.3, 0.4) is 0 Å². The average Bonchev–Trinajstić information content (AvgIpc) is 2.91. The van der Waals surface area contributed by atoms with E-state index in [4.69, 9.17) is 9.47 Å². The summed E-state index contributed by atoms with van der Waals surface area (Å²) in [6.07, 6.45) is -0.478. The largest absolute Gasteiger partial charge is 0.497 e. The Morgan fingerprint density at radius 2 is 1.96 bits per heavy atom. The zero-order valence-corrected chi connectivity index (χ0v) is 13.9. The highest BCUT2D eigenvalue weighted by Crippen LogP contribution is 2.35. The first kappa shape index (κ1) is 17.1. The minimum Gasteiger partial charge on any atom is -0.497 e. The van der Waals surface area contributed by atoms with Gasteiger partial charge in [-0.05, 0) is 38.5 Å². The number of amides is 1. The van der Waals surface area contributed by atoms with Crippen molar-refractivity contribution in [1.29, 1.82) is 0 Å². The van der Waals surface area contributed by atoms with Crippen molar-refractivity contribution in [3.8, 4) is 5.75 Å². The molecule has 23 heavy (non-hydrogen) atoms. The van der Waals surface area contributed by atoms with Gasteiger partial charge in [0.05, 0.1) is 13.0 Å². The number of hydrogen-bond donors (Lipinski definition) is 1. The van der Waals surface area contributed by atoms with Crippen molar-refractivity contribution in [2.45, 2.75) is 32.3 Å². The monoisotopic (exact) mass is 321 g/mol. The Labute approximate surface area is 136 Å². The lowest BCUT2D eigenvalue weighted by molar-refractivity contribution is -0.141. The number of carbonyl (C=O) groups is 2. The molecule has 1 aromatic carbocycles. The van der Waals surface area contributed by atoms with Crippen molar-refractivity contribution in [3.63, 3.8) is 0 Å². The highest BCUT2D eigenvalue weighted by Gasteiger charge is 2.41. The third kappa shape index (κ3) is 4.15. The smallest absolute Gasteiger partial charge is 0.410 e. The summed E-state index contributed by atoms with van der Waals surface area (Å²) >= 11 is 0. The van der Waals surface area contributed by atoms with Gasteiger partial charge in [-0.3, -0.25) is 4.79 Å². The van der Waals surface area contributed by atoms with E-state index in [1.165, 1.54) is 4.90 Å². The van der Waals surface area contributed by atoms with E-state index in [2.05, 4.69) is 0 Å². The fraction of sp³-hybridized carbons (Fsp3) is 0.529. The molecule has 1 aliphatic heterocycles. The zero-order valence-electron chi connectivity index (χ0n) is 13.9. The second-order valence-electron chi connectivity index (χ2n) is 6.71. The molecule has 0 bridgehead atoms.